The summed E-state index contributed by atoms with van der Waals surface area (Å²) in [5.74, 6) is -0.570. The van der Waals surface area contributed by atoms with Gasteiger partial charge < -0.3 is 9.84 Å². The summed E-state index contributed by atoms with van der Waals surface area (Å²) in [6.45, 7) is 2.15. The van der Waals surface area contributed by atoms with Gasteiger partial charge in [-0.05, 0) is 24.5 Å². The van der Waals surface area contributed by atoms with Crippen molar-refractivity contribution in [2.24, 2.45) is 0 Å². The van der Waals surface area contributed by atoms with Crippen LogP contribution < -0.4 is 0 Å². The SMILES string of the molecule is CCCCCCCC(=O)/C=C/C1=C(CCC(=O)OC)C(=O)CC1O. The van der Waals surface area contributed by atoms with Gasteiger partial charge in [-0.1, -0.05) is 38.7 Å². The molecule has 24 heavy (non-hydrogen) atoms. The third-order valence-electron chi connectivity index (χ3n) is 4.21. The van der Waals surface area contributed by atoms with E-state index in [2.05, 4.69) is 11.7 Å². The summed E-state index contributed by atoms with van der Waals surface area (Å²) in [7, 11) is 1.29. The fraction of sp³-hybridized carbons (Fsp3) is 0.632. The van der Waals surface area contributed by atoms with E-state index in [1.807, 2.05) is 0 Å². The first kappa shape index (κ1) is 20.3. The standard InChI is InChI=1S/C19H28O5/c1-3-4-5-6-7-8-14(20)9-10-15-16(11-12-19(23)24-2)18(22)13-17(15)21/h9-10,17,21H,3-8,11-13H2,1-2H3/b10-9+. The van der Waals surface area contributed by atoms with Gasteiger partial charge in [0, 0.05) is 24.8 Å². The largest absolute Gasteiger partial charge is 0.469 e. The predicted octanol–water partition coefficient (Wildman–Crippen LogP) is 3.06. The normalized spacial score (nSPS) is 17.8. The molecule has 0 saturated carbocycles. The van der Waals surface area contributed by atoms with Crippen molar-refractivity contribution < 1.29 is 24.2 Å². The van der Waals surface area contributed by atoms with Crippen LogP contribution in [0, 0.1) is 0 Å². The maximum absolute atomic E-state index is 11.9. The number of hydrogen-bond acceptors (Lipinski definition) is 5. The number of carbonyl (C=O) groups excluding carboxylic acids is 3. The van der Waals surface area contributed by atoms with E-state index in [9.17, 15) is 19.5 Å². The zero-order valence-corrected chi connectivity index (χ0v) is 14.7. The van der Waals surface area contributed by atoms with Crippen LogP contribution in [0.5, 0.6) is 0 Å². The molecule has 0 amide bonds. The maximum atomic E-state index is 11.9. The molecule has 0 aliphatic heterocycles. The van der Waals surface area contributed by atoms with Gasteiger partial charge in [-0.3, -0.25) is 14.4 Å². The summed E-state index contributed by atoms with van der Waals surface area (Å²) in [5.41, 5.74) is 0.892. The van der Waals surface area contributed by atoms with E-state index < -0.39 is 12.1 Å². The van der Waals surface area contributed by atoms with E-state index in [0.717, 1.165) is 19.3 Å². The number of hydrogen-bond donors (Lipinski definition) is 1. The molecule has 5 heteroatoms. The molecule has 1 aliphatic carbocycles. The zero-order chi connectivity index (χ0) is 17.9. The number of ketones is 2. The summed E-state index contributed by atoms with van der Waals surface area (Å²) in [6, 6.07) is 0. The van der Waals surface area contributed by atoms with Crippen LogP contribution in [-0.2, 0) is 19.1 Å². The van der Waals surface area contributed by atoms with Crippen LogP contribution in [0.3, 0.4) is 0 Å². The number of methoxy groups -OCH3 is 1. The molecule has 0 aromatic heterocycles. The molecule has 1 aliphatic rings. The van der Waals surface area contributed by atoms with E-state index in [4.69, 9.17) is 0 Å². The van der Waals surface area contributed by atoms with E-state index in [1.54, 1.807) is 0 Å². The number of Topliss-reactive ketones (excluding diaryl/α,β-unsaturated/α-hetero) is 1. The molecule has 0 bridgehead atoms. The van der Waals surface area contributed by atoms with Crippen molar-refractivity contribution in [3.8, 4) is 0 Å². The van der Waals surface area contributed by atoms with Gasteiger partial charge in [0.05, 0.1) is 13.2 Å². The molecule has 1 rings (SSSR count). The van der Waals surface area contributed by atoms with Gasteiger partial charge in [0.2, 0.25) is 0 Å². The highest BCUT2D eigenvalue weighted by Gasteiger charge is 2.29. The van der Waals surface area contributed by atoms with Gasteiger partial charge in [-0.15, -0.1) is 0 Å². The number of unbranched alkanes of at least 4 members (excludes halogenated alkanes) is 4. The highest BCUT2D eigenvalue weighted by molar-refractivity contribution is 6.01. The van der Waals surface area contributed by atoms with Crippen LogP contribution >= 0.6 is 0 Å². The van der Waals surface area contributed by atoms with Gasteiger partial charge in [-0.25, -0.2) is 0 Å². The number of ether oxygens (including phenoxy) is 1. The summed E-state index contributed by atoms with van der Waals surface area (Å²) >= 11 is 0. The molecule has 1 unspecified atom stereocenters. The molecule has 134 valence electrons. The molecule has 0 aromatic rings. The lowest BCUT2D eigenvalue weighted by molar-refractivity contribution is -0.140. The predicted molar refractivity (Wildman–Crippen MR) is 91.4 cm³/mol. The van der Waals surface area contributed by atoms with Crippen LogP contribution in [0.2, 0.25) is 0 Å². The maximum Gasteiger partial charge on any atom is 0.305 e. The van der Waals surface area contributed by atoms with Gasteiger partial charge in [0.1, 0.15) is 0 Å². The Balaban J connectivity index is 2.59. The lowest BCUT2D eigenvalue weighted by Gasteiger charge is -2.05. The fourth-order valence-corrected chi connectivity index (χ4v) is 2.76. The van der Waals surface area contributed by atoms with Crippen LogP contribution in [-0.4, -0.2) is 35.9 Å². The average molecular weight is 336 g/mol. The third-order valence-corrected chi connectivity index (χ3v) is 4.21. The third kappa shape index (κ3) is 6.79. The number of esters is 1. The Morgan fingerprint density at radius 3 is 2.58 bits per heavy atom. The van der Waals surface area contributed by atoms with Gasteiger partial charge in [0.25, 0.3) is 0 Å². The van der Waals surface area contributed by atoms with Crippen molar-refractivity contribution in [2.45, 2.75) is 70.8 Å². The Morgan fingerprint density at radius 2 is 1.92 bits per heavy atom. The minimum atomic E-state index is -0.890. The highest BCUT2D eigenvalue weighted by Crippen LogP contribution is 2.28. The number of carbonyl (C=O) groups is 3. The van der Waals surface area contributed by atoms with Gasteiger partial charge in [0.15, 0.2) is 11.6 Å². The van der Waals surface area contributed by atoms with Crippen molar-refractivity contribution in [3.05, 3.63) is 23.3 Å². The number of aliphatic hydroxyl groups is 1. The number of rotatable bonds is 11. The van der Waals surface area contributed by atoms with E-state index >= 15 is 0 Å². The molecular formula is C19H28O5. The van der Waals surface area contributed by atoms with Crippen LogP contribution in [0.1, 0.15) is 64.7 Å². The average Bonchev–Trinajstić information content (AvgIpc) is 2.83. The molecule has 1 atom stereocenters. The van der Waals surface area contributed by atoms with E-state index in [0.29, 0.717) is 17.6 Å². The van der Waals surface area contributed by atoms with Gasteiger partial charge in [-0.2, -0.15) is 0 Å². The monoisotopic (exact) mass is 336 g/mol. The molecule has 0 spiro atoms. The van der Waals surface area contributed by atoms with E-state index in [1.165, 1.54) is 32.1 Å². The Hall–Kier alpha value is -1.75. The minimum Gasteiger partial charge on any atom is -0.469 e. The molecule has 1 N–H and O–H groups in total. The Labute approximate surface area is 143 Å². The first-order valence-corrected chi connectivity index (χ1v) is 8.71. The molecule has 5 nitrogen and oxygen atoms in total. The topological polar surface area (TPSA) is 80.7 Å². The second kappa shape index (κ2) is 10.9. The Kier molecular flexibility index (Phi) is 9.23. The van der Waals surface area contributed by atoms with Crippen LogP contribution in [0.25, 0.3) is 0 Å². The molecule has 0 saturated heterocycles. The number of aliphatic hydroxyl groups excluding tert-OH is 1. The molecular weight excluding hydrogens is 308 g/mol. The second-order valence-electron chi connectivity index (χ2n) is 6.12. The number of allylic oxidation sites excluding steroid dienone is 2. The van der Waals surface area contributed by atoms with Crippen molar-refractivity contribution >= 4 is 17.5 Å². The fourth-order valence-electron chi connectivity index (χ4n) is 2.76. The lowest BCUT2D eigenvalue weighted by Crippen LogP contribution is -2.05. The quantitative estimate of drug-likeness (QED) is 0.356. The van der Waals surface area contributed by atoms with Crippen molar-refractivity contribution in [3.63, 3.8) is 0 Å². The molecule has 0 aromatic carbocycles. The summed E-state index contributed by atoms with van der Waals surface area (Å²) in [6.07, 6.45) is 8.31. The summed E-state index contributed by atoms with van der Waals surface area (Å²) in [4.78, 5) is 35.0. The molecule has 0 heterocycles. The zero-order valence-electron chi connectivity index (χ0n) is 14.7. The smallest absolute Gasteiger partial charge is 0.305 e. The Morgan fingerprint density at radius 1 is 1.21 bits per heavy atom. The Bertz CT molecular complexity index is 516. The summed E-state index contributed by atoms with van der Waals surface area (Å²) < 4.78 is 4.57. The van der Waals surface area contributed by atoms with Crippen LogP contribution in [0.4, 0.5) is 0 Å². The highest BCUT2D eigenvalue weighted by atomic mass is 16.5. The minimum absolute atomic E-state index is 0.00198. The molecule has 0 fully saturated rings. The van der Waals surface area contributed by atoms with Gasteiger partial charge >= 0.3 is 5.97 Å². The first-order chi connectivity index (χ1) is 11.5. The molecule has 0 radical (unpaired) electrons. The van der Waals surface area contributed by atoms with Crippen molar-refractivity contribution in [1.29, 1.82) is 0 Å². The van der Waals surface area contributed by atoms with Crippen LogP contribution in [0.15, 0.2) is 23.3 Å². The van der Waals surface area contributed by atoms with Crippen molar-refractivity contribution in [2.75, 3.05) is 7.11 Å². The second-order valence-corrected chi connectivity index (χ2v) is 6.12. The first-order valence-electron chi connectivity index (χ1n) is 8.71. The van der Waals surface area contributed by atoms with Crippen molar-refractivity contribution in [1.82, 2.24) is 0 Å². The van der Waals surface area contributed by atoms with E-state index in [-0.39, 0.29) is 30.8 Å². The lowest BCUT2D eigenvalue weighted by atomic mass is 10.0. The summed E-state index contributed by atoms with van der Waals surface area (Å²) in [5, 5.41) is 9.98.